The average molecular weight is 324 g/mol. The van der Waals surface area contributed by atoms with Crippen molar-refractivity contribution in [3.63, 3.8) is 0 Å². The largest absolute Gasteiger partial charge is 0.488 e. The second-order valence-corrected chi connectivity index (χ2v) is 5.24. The molecule has 0 saturated heterocycles. The zero-order valence-electron chi connectivity index (χ0n) is 10.6. The summed E-state index contributed by atoms with van der Waals surface area (Å²) in [5.74, 6) is 0.469. The molecule has 0 atom stereocenters. The number of hydrogen-bond donors (Lipinski definition) is 1. The van der Waals surface area contributed by atoms with E-state index in [0.717, 1.165) is 21.3 Å². The van der Waals surface area contributed by atoms with Gasteiger partial charge in [-0.3, -0.25) is 0 Å². The average Bonchev–Trinajstić information content (AvgIpc) is 2.41. The molecule has 2 nitrogen and oxygen atoms in total. The van der Waals surface area contributed by atoms with Gasteiger partial charge >= 0.3 is 0 Å². The van der Waals surface area contributed by atoms with Crippen LogP contribution in [-0.2, 0) is 13.2 Å². The zero-order chi connectivity index (χ0) is 13.8. The molecule has 0 spiro atoms. The third-order valence-electron chi connectivity index (χ3n) is 2.88. The standard InChI is InChI=1S/C15H15BrFNO/c1-10-2-4-13(16)7-15(10)19-9-12-6-11(8-18)3-5-14(12)17/h2-7H,8-9,18H2,1H3. The van der Waals surface area contributed by atoms with Gasteiger partial charge in [-0.25, -0.2) is 4.39 Å². The highest BCUT2D eigenvalue weighted by Crippen LogP contribution is 2.24. The zero-order valence-corrected chi connectivity index (χ0v) is 12.2. The second kappa shape index (κ2) is 6.17. The van der Waals surface area contributed by atoms with Crippen molar-refractivity contribution < 1.29 is 9.13 Å². The second-order valence-electron chi connectivity index (χ2n) is 4.33. The Balaban J connectivity index is 2.16. The van der Waals surface area contributed by atoms with Crippen molar-refractivity contribution >= 4 is 15.9 Å². The number of aryl methyl sites for hydroxylation is 1. The van der Waals surface area contributed by atoms with Gasteiger partial charge in [-0.1, -0.05) is 28.1 Å². The number of rotatable bonds is 4. The molecule has 100 valence electrons. The van der Waals surface area contributed by atoms with Crippen molar-refractivity contribution in [2.45, 2.75) is 20.1 Å². The highest BCUT2D eigenvalue weighted by molar-refractivity contribution is 9.10. The Hall–Kier alpha value is -1.39. The van der Waals surface area contributed by atoms with Crippen LogP contribution in [0.25, 0.3) is 0 Å². The lowest BCUT2D eigenvalue weighted by Gasteiger charge is -2.11. The Morgan fingerprint density at radius 3 is 2.74 bits per heavy atom. The number of ether oxygens (including phenoxy) is 1. The fraction of sp³-hybridized carbons (Fsp3) is 0.200. The van der Waals surface area contributed by atoms with Crippen molar-refractivity contribution in [2.75, 3.05) is 0 Å². The van der Waals surface area contributed by atoms with Crippen molar-refractivity contribution in [1.29, 1.82) is 0 Å². The Kier molecular flexibility index (Phi) is 4.56. The summed E-state index contributed by atoms with van der Waals surface area (Å²) in [6.07, 6.45) is 0. The SMILES string of the molecule is Cc1ccc(Br)cc1OCc1cc(CN)ccc1F. The molecule has 2 rings (SSSR count). The van der Waals surface area contributed by atoms with Crippen LogP contribution in [0.3, 0.4) is 0 Å². The van der Waals surface area contributed by atoms with E-state index in [2.05, 4.69) is 15.9 Å². The summed E-state index contributed by atoms with van der Waals surface area (Å²) in [7, 11) is 0. The van der Waals surface area contributed by atoms with E-state index in [1.165, 1.54) is 6.07 Å². The highest BCUT2D eigenvalue weighted by atomic mass is 79.9. The molecular weight excluding hydrogens is 309 g/mol. The van der Waals surface area contributed by atoms with E-state index in [1.54, 1.807) is 12.1 Å². The summed E-state index contributed by atoms with van der Waals surface area (Å²) < 4.78 is 20.3. The van der Waals surface area contributed by atoms with E-state index in [9.17, 15) is 4.39 Å². The van der Waals surface area contributed by atoms with E-state index in [-0.39, 0.29) is 12.4 Å². The molecule has 0 saturated carbocycles. The molecule has 2 aromatic rings. The van der Waals surface area contributed by atoms with E-state index in [0.29, 0.717) is 12.1 Å². The fourth-order valence-corrected chi connectivity index (χ4v) is 2.09. The van der Waals surface area contributed by atoms with Crippen LogP contribution in [-0.4, -0.2) is 0 Å². The van der Waals surface area contributed by atoms with E-state index >= 15 is 0 Å². The normalized spacial score (nSPS) is 10.5. The van der Waals surface area contributed by atoms with Gasteiger partial charge < -0.3 is 10.5 Å². The van der Waals surface area contributed by atoms with Crippen LogP contribution in [0.1, 0.15) is 16.7 Å². The van der Waals surface area contributed by atoms with Gasteiger partial charge in [0.1, 0.15) is 18.2 Å². The summed E-state index contributed by atoms with van der Waals surface area (Å²) in [5.41, 5.74) is 7.97. The third kappa shape index (κ3) is 3.55. The Labute approximate surface area is 120 Å². The topological polar surface area (TPSA) is 35.2 Å². The number of nitrogens with two attached hydrogens (primary N) is 1. The summed E-state index contributed by atoms with van der Waals surface area (Å²) in [4.78, 5) is 0. The van der Waals surface area contributed by atoms with Gasteiger partial charge in [-0.05, 0) is 42.3 Å². The van der Waals surface area contributed by atoms with Gasteiger partial charge in [0.15, 0.2) is 0 Å². The summed E-state index contributed by atoms with van der Waals surface area (Å²) in [6, 6.07) is 10.6. The van der Waals surface area contributed by atoms with Crippen molar-refractivity contribution in [3.8, 4) is 5.75 Å². The smallest absolute Gasteiger partial charge is 0.129 e. The van der Waals surface area contributed by atoms with Gasteiger partial charge in [0, 0.05) is 16.6 Å². The van der Waals surface area contributed by atoms with E-state index < -0.39 is 0 Å². The van der Waals surface area contributed by atoms with Crippen molar-refractivity contribution in [3.05, 3.63) is 63.4 Å². The van der Waals surface area contributed by atoms with Crippen LogP contribution < -0.4 is 10.5 Å². The molecule has 0 unspecified atom stereocenters. The summed E-state index contributed by atoms with van der Waals surface area (Å²) >= 11 is 3.39. The maximum Gasteiger partial charge on any atom is 0.129 e. The van der Waals surface area contributed by atoms with Crippen LogP contribution in [0, 0.1) is 12.7 Å². The number of halogens is 2. The molecular formula is C15H15BrFNO. The minimum Gasteiger partial charge on any atom is -0.488 e. The maximum atomic E-state index is 13.7. The third-order valence-corrected chi connectivity index (χ3v) is 3.37. The minimum atomic E-state index is -0.273. The molecule has 4 heteroatoms. The van der Waals surface area contributed by atoms with Gasteiger partial charge in [-0.15, -0.1) is 0 Å². The first-order chi connectivity index (χ1) is 9.10. The van der Waals surface area contributed by atoms with Crippen LogP contribution in [0.5, 0.6) is 5.75 Å². The number of hydrogen-bond acceptors (Lipinski definition) is 2. The van der Waals surface area contributed by atoms with Gasteiger partial charge in [0.05, 0.1) is 0 Å². The molecule has 0 amide bonds. The lowest BCUT2D eigenvalue weighted by atomic mass is 10.1. The Bertz CT molecular complexity index is 586. The van der Waals surface area contributed by atoms with Gasteiger partial charge in [0.2, 0.25) is 0 Å². The predicted molar refractivity (Wildman–Crippen MR) is 77.5 cm³/mol. The maximum absolute atomic E-state index is 13.7. The molecule has 0 heterocycles. The van der Waals surface area contributed by atoms with Crippen LogP contribution in [0.2, 0.25) is 0 Å². The van der Waals surface area contributed by atoms with Crippen LogP contribution in [0.4, 0.5) is 4.39 Å². The molecule has 0 aliphatic heterocycles. The quantitative estimate of drug-likeness (QED) is 0.925. The first-order valence-electron chi connectivity index (χ1n) is 5.96. The first-order valence-corrected chi connectivity index (χ1v) is 6.76. The first kappa shape index (κ1) is 14.0. The summed E-state index contributed by atoms with van der Waals surface area (Å²) in [5, 5.41) is 0. The molecule has 19 heavy (non-hydrogen) atoms. The molecule has 0 aliphatic rings. The number of benzene rings is 2. The van der Waals surface area contributed by atoms with E-state index in [1.807, 2.05) is 25.1 Å². The molecule has 0 fully saturated rings. The van der Waals surface area contributed by atoms with Crippen molar-refractivity contribution in [1.82, 2.24) is 0 Å². The lowest BCUT2D eigenvalue weighted by Crippen LogP contribution is -2.03. The monoisotopic (exact) mass is 323 g/mol. The van der Waals surface area contributed by atoms with Crippen LogP contribution in [0.15, 0.2) is 40.9 Å². The lowest BCUT2D eigenvalue weighted by molar-refractivity contribution is 0.297. The minimum absolute atomic E-state index is 0.191. The Morgan fingerprint density at radius 1 is 1.21 bits per heavy atom. The molecule has 2 aromatic carbocycles. The van der Waals surface area contributed by atoms with Crippen molar-refractivity contribution in [2.24, 2.45) is 5.73 Å². The highest BCUT2D eigenvalue weighted by Gasteiger charge is 2.06. The summed E-state index contributed by atoms with van der Waals surface area (Å²) in [6.45, 7) is 2.54. The molecule has 2 N–H and O–H groups in total. The van der Waals surface area contributed by atoms with Gasteiger partial charge in [-0.2, -0.15) is 0 Å². The molecule has 0 aliphatic carbocycles. The predicted octanol–water partition coefficient (Wildman–Crippen LogP) is 3.93. The molecule has 0 bridgehead atoms. The fourth-order valence-electron chi connectivity index (χ4n) is 1.75. The van der Waals surface area contributed by atoms with Gasteiger partial charge in [0.25, 0.3) is 0 Å². The van der Waals surface area contributed by atoms with Crippen LogP contribution >= 0.6 is 15.9 Å². The molecule has 0 radical (unpaired) electrons. The Morgan fingerprint density at radius 2 is 2.00 bits per heavy atom. The molecule has 0 aromatic heterocycles. The van der Waals surface area contributed by atoms with E-state index in [4.69, 9.17) is 10.5 Å².